The highest BCUT2D eigenvalue weighted by atomic mass is 32.1. The summed E-state index contributed by atoms with van der Waals surface area (Å²) in [6, 6.07) is 6.34. The fourth-order valence-corrected chi connectivity index (χ4v) is 5.41. The van der Waals surface area contributed by atoms with Crippen LogP contribution in [-0.2, 0) is 19.4 Å². The van der Waals surface area contributed by atoms with Gasteiger partial charge in [0.05, 0.1) is 0 Å². The molecule has 0 saturated carbocycles. The SMILES string of the molecule is CCCCc1cc2c(s1)C1c3cc(O)c(O)cc3CCC1NC2. The van der Waals surface area contributed by atoms with Gasteiger partial charge < -0.3 is 15.5 Å². The lowest BCUT2D eigenvalue weighted by Gasteiger charge is -2.38. The summed E-state index contributed by atoms with van der Waals surface area (Å²) >= 11 is 1.95. The monoisotopic (exact) mass is 329 g/mol. The molecule has 0 spiro atoms. The van der Waals surface area contributed by atoms with Gasteiger partial charge in [-0.2, -0.15) is 0 Å². The van der Waals surface area contributed by atoms with Gasteiger partial charge in [0.1, 0.15) is 0 Å². The molecule has 0 saturated heterocycles. The number of rotatable bonds is 3. The van der Waals surface area contributed by atoms with Gasteiger partial charge in [-0.3, -0.25) is 0 Å². The molecule has 3 nitrogen and oxygen atoms in total. The Morgan fingerprint density at radius 2 is 2.00 bits per heavy atom. The van der Waals surface area contributed by atoms with Gasteiger partial charge in [0.25, 0.3) is 0 Å². The average Bonchev–Trinajstić information content (AvgIpc) is 2.96. The largest absolute Gasteiger partial charge is 0.504 e. The van der Waals surface area contributed by atoms with Crippen LogP contribution in [0, 0.1) is 0 Å². The van der Waals surface area contributed by atoms with Crippen LogP contribution in [0.3, 0.4) is 0 Å². The molecule has 122 valence electrons. The van der Waals surface area contributed by atoms with E-state index in [1.165, 1.54) is 45.7 Å². The zero-order valence-corrected chi connectivity index (χ0v) is 14.2. The molecule has 23 heavy (non-hydrogen) atoms. The van der Waals surface area contributed by atoms with Gasteiger partial charge in [-0.25, -0.2) is 0 Å². The number of benzene rings is 1. The van der Waals surface area contributed by atoms with Crippen molar-refractivity contribution in [1.29, 1.82) is 0 Å². The molecule has 0 amide bonds. The van der Waals surface area contributed by atoms with Crippen molar-refractivity contribution >= 4 is 11.3 Å². The van der Waals surface area contributed by atoms with Gasteiger partial charge >= 0.3 is 0 Å². The number of phenols is 2. The fraction of sp³-hybridized carbons (Fsp3) is 0.474. The summed E-state index contributed by atoms with van der Waals surface area (Å²) < 4.78 is 0. The lowest BCUT2D eigenvalue weighted by molar-refractivity contribution is 0.383. The number of hydrogen-bond acceptors (Lipinski definition) is 4. The van der Waals surface area contributed by atoms with Crippen molar-refractivity contribution in [1.82, 2.24) is 5.32 Å². The van der Waals surface area contributed by atoms with E-state index in [2.05, 4.69) is 18.3 Å². The highest BCUT2D eigenvalue weighted by Crippen LogP contribution is 2.46. The second-order valence-electron chi connectivity index (χ2n) is 6.75. The third-order valence-electron chi connectivity index (χ3n) is 5.21. The van der Waals surface area contributed by atoms with Crippen LogP contribution in [0.2, 0.25) is 0 Å². The normalized spacial score (nSPS) is 22.3. The lowest BCUT2D eigenvalue weighted by Crippen LogP contribution is -2.41. The average molecular weight is 329 g/mol. The Morgan fingerprint density at radius 3 is 2.83 bits per heavy atom. The molecule has 1 aromatic heterocycles. The second kappa shape index (κ2) is 5.84. The number of nitrogens with one attached hydrogen (secondary N) is 1. The predicted molar refractivity (Wildman–Crippen MR) is 93.5 cm³/mol. The van der Waals surface area contributed by atoms with Gasteiger partial charge in [-0.1, -0.05) is 13.3 Å². The molecule has 1 aliphatic carbocycles. The molecule has 2 atom stereocenters. The van der Waals surface area contributed by atoms with E-state index in [1.807, 2.05) is 11.3 Å². The van der Waals surface area contributed by atoms with E-state index >= 15 is 0 Å². The molecule has 2 aromatic rings. The molecule has 2 aliphatic rings. The van der Waals surface area contributed by atoms with Crippen LogP contribution in [0.15, 0.2) is 18.2 Å². The van der Waals surface area contributed by atoms with Crippen molar-refractivity contribution in [3.8, 4) is 11.5 Å². The Labute approximate surface area is 141 Å². The van der Waals surface area contributed by atoms with Crippen LogP contribution in [0.1, 0.15) is 58.5 Å². The first kappa shape index (κ1) is 15.0. The summed E-state index contributed by atoms with van der Waals surface area (Å²) in [5.41, 5.74) is 3.79. The quantitative estimate of drug-likeness (QED) is 0.745. The number of thiophene rings is 1. The van der Waals surface area contributed by atoms with Crippen LogP contribution in [-0.4, -0.2) is 16.3 Å². The van der Waals surface area contributed by atoms with Crippen LogP contribution in [0.25, 0.3) is 0 Å². The first-order chi connectivity index (χ1) is 11.2. The van der Waals surface area contributed by atoms with Crippen LogP contribution in [0.4, 0.5) is 0 Å². The number of unbranched alkanes of at least 4 members (excludes halogenated alkanes) is 1. The summed E-state index contributed by atoms with van der Waals surface area (Å²) in [7, 11) is 0. The molecule has 4 rings (SSSR count). The van der Waals surface area contributed by atoms with E-state index in [9.17, 15) is 10.2 Å². The van der Waals surface area contributed by atoms with Crippen LogP contribution >= 0.6 is 11.3 Å². The van der Waals surface area contributed by atoms with E-state index < -0.39 is 0 Å². The number of phenolic OH excluding ortho intramolecular Hbond substituents is 2. The lowest BCUT2D eigenvalue weighted by atomic mass is 9.75. The van der Waals surface area contributed by atoms with Crippen LogP contribution < -0.4 is 5.32 Å². The first-order valence-corrected chi connectivity index (χ1v) is 9.38. The maximum Gasteiger partial charge on any atom is 0.157 e. The first-order valence-electron chi connectivity index (χ1n) is 8.57. The zero-order valence-electron chi connectivity index (χ0n) is 13.4. The van der Waals surface area contributed by atoms with Crippen molar-refractivity contribution in [3.63, 3.8) is 0 Å². The van der Waals surface area contributed by atoms with Gasteiger partial charge in [0, 0.05) is 28.3 Å². The van der Waals surface area contributed by atoms with E-state index in [0.717, 1.165) is 19.4 Å². The zero-order chi connectivity index (χ0) is 16.0. The van der Waals surface area contributed by atoms with Crippen molar-refractivity contribution in [2.45, 2.75) is 57.5 Å². The number of aryl methyl sites for hydroxylation is 2. The third kappa shape index (κ3) is 2.54. The number of fused-ring (bicyclic) bond motifs is 5. The molecule has 1 aromatic carbocycles. The molecule has 2 unspecified atom stereocenters. The van der Waals surface area contributed by atoms with E-state index in [1.54, 1.807) is 12.1 Å². The van der Waals surface area contributed by atoms with Gasteiger partial charge in [-0.15, -0.1) is 11.3 Å². The Kier molecular flexibility index (Phi) is 3.82. The number of hydrogen-bond donors (Lipinski definition) is 3. The molecule has 0 fully saturated rings. The standard InChI is InChI=1S/C19H23NO2S/c1-2-3-4-13-7-12-10-20-15-6-5-11-8-16(21)17(22)9-14(11)18(15)19(12)23-13/h7-9,15,18,20-22H,2-6,10H2,1H3. The van der Waals surface area contributed by atoms with Crippen molar-refractivity contribution in [2.24, 2.45) is 0 Å². The van der Waals surface area contributed by atoms with Crippen molar-refractivity contribution in [3.05, 3.63) is 44.6 Å². The Balaban J connectivity index is 1.77. The van der Waals surface area contributed by atoms with Crippen molar-refractivity contribution in [2.75, 3.05) is 0 Å². The number of aromatic hydroxyl groups is 2. The minimum atomic E-state index is -0.000661. The summed E-state index contributed by atoms with van der Waals surface area (Å²) in [4.78, 5) is 2.94. The molecule has 1 aliphatic heterocycles. The molecular formula is C19H23NO2S. The maximum atomic E-state index is 9.97. The van der Waals surface area contributed by atoms with Gasteiger partial charge in [0.2, 0.25) is 0 Å². The molecule has 0 bridgehead atoms. The summed E-state index contributed by atoms with van der Waals surface area (Å²) in [5, 5.41) is 23.5. The smallest absolute Gasteiger partial charge is 0.157 e. The summed E-state index contributed by atoms with van der Waals surface area (Å²) in [6.45, 7) is 3.19. The summed E-state index contributed by atoms with van der Waals surface area (Å²) in [6.07, 6.45) is 5.68. The Bertz CT molecular complexity index is 737. The summed E-state index contributed by atoms with van der Waals surface area (Å²) in [5.74, 6) is 0.315. The topological polar surface area (TPSA) is 52.5 Å². The van der Waals surface area contributed by atoms with Crippen LogP contribution in [0.5, 0.6) is 11.5 Å². The Hall–Kier alpha value is -1.52. The maximum absolute atomic E-state index is 9.97. The minimum absolute atomic E-state index is 0.000661. The molecule has 2 heterocycles. The molecule has 0 radical (unpaired) electrons. The van der Waals surface area contributed by atoms with E-state index in [0.29, 0.717) is 12.0 Å². The second-order valence-corrected chi connectivity index (χ2v) is 7.92. The highest BCUT2D eigenvalue weighted by molar-refractivity contribution is 7.12. The van der Waals surface area contributed by atoms with Crippen molar-refractivity contribution < 1.29 is 10.2 Å². The fourth-order valence-electron chi connectivity index (χ4n) is 4.00. The third-order valence-corrected chi connectivity index (χ3v) is 6.53. The van der Waals surface area contributed by atoms with Gasteiger partial charge in [-0.05, 0) is 60.6 Å². The van der Waals surface area contributed by atoms with E-state index in [-0.39, 0.29) is 11.5 Å². The molecular weight excluding hydrogens is 306 g/mol. The highest BCUT2D eigenvalue weighted by Gasteiger charge is 2.36. The predicted octanol–water partition coefficient (Wildman–Crippen LogP) is 4.05. The molecule has 3 N–H and O–H groups in total. The minimum Gasteiger partial charge on any atom is -0.504 e. The Morgan fingerprint density at radius 1 is 1.17 bits per heavy atom. The van der Waals surface area contributed by atoms with Gasteiger partial charge in [0.15, 0.2) is 11.5 Å². The van der Waals surface area contributed by atoms with E-state index in [4.69, 9.17) is 0 Å². The molecule has 4 heteroatoms.